The van der Waals surface area contributed by atoms with Gasteiger partial charge in [0.15, 0.2) is 0 Å². The summed E-state index contributed by atoms with van der Waals surface area (Å²) < 4.78 is 1.29. The van der Waals surface area contributed by atoms with Gasteiger partial charge in [-0.15, -0.1) is 0 Å². The standard InChI is InChI=1S/C11H10N4O2/c16-6-2-1-3-9-4-5-12-10(7-9)15-8-13-14-11(15)17/h4-5,7-8,16H,2,6H2,(H,14,17). The van der Waals surface area contributed by atoms with Crippen molar-refractivity contribution in [1.29, 1.82) is 0 Å². The van der Waals surface area contributed by atoms with E-state index in [0.717, 1.165) is 5.56 Å². The molecule has 0 aromatic carbocycles. The second-order valence-electron chi connectivity index (χ2n) is 3.21. The van der Waals surface area contributed by atoms with Crippen LogP contribution in [0.1, 0.15) is 12.0 Å². The summed E-state index contributed by atoms with van der Waals surface area (Å²) >= 11 is 0. The van der Waals surface area contributed by atoms with E-state index in [1.807, 2.05) is 0 Å². The van der Waals surface area contributed by atoms with Crippen LogP contribution in [0.4, 0.5) is 0 Å². The number of hydrogen-bond acceptors (Lipinski definition) is 4. The number of nitrogens with one attached hydrogen (secondary N) is 1. The molecule has 6 heteroatoms. The third kappa shape index (κ3) is 2.59. The van der Waals surface area contributed by atoms with Crippen molar-refractivity contribution >= 4 is 0 Å². The Labute approximate surface area is 96.9 Å². The number of aromatic amines is 1. The van der Waals surface area contributed by atoms with Gasteiger partial charge in [0, 0.05) is 18.2 Å². The van der Waals surface area contributed by atoms with Crippen molar-refractivity contribution in [3.8, 4) is 17.7 Å². The number of aliphatic hydroxyl groups is 1. The quantitative estimate of drug-likeness (QED) is 0.693. The Morgan fingerprint density at radius 1 is 1.53 bits per heavy atom. The Bertz CT molecular complexity index is 618. The van der Waals surface area contributed by atoms with Gasteiger partial charge >= 0.3 is 5.69 Å². The molecule has 0 bridgehead atoms. The fraction of sp³-hybridized carbons (Fsp3) is 0.182. The average Bonchev–Trinajstić information content (AvgIpc) is 2.76. The average molecular weight is 230 g/mol. The van der Waals surface area contributed by atoms with E-state index in [2.05, 4.69) is 27.0 Å². The molecule has 0 aliphatic rings. The van der Waals surface area contributed by atoms with Gasteiger partial charge in [0.2, 0.25) is 0 Å². The highest BCUT2D eigenvalue weighted by Gasteiger charge is 2.01. The van der Waals surface area contributed by atoms with E-state index in [0.29, 0.717) is 12.2 Å². The van der Waals surface area contributed by atoms with Crippen LogP contribution in [0.2, 0.25) is 0 Å². The first-order valence-electron chi connectivity index (χ1n) is 4.99. The molecule has 0 radical (unpaired) electrons. The first kappa shape index (κ1) is 11.1. The lowest BCUT2D eigenvalue weighted by Crippen LogP contribution is -2.15. The van der Waals surface area contributed by atoms with Gasteiger partial charge in [-0.2, -0.15) is 5.10 Å². The van der Waals surface area contributed by atoms with Crippen LogP contribution in [0, 0.1) is 11.8 Å². The van der Waals surface area contributed by atoms with Gasteiger partial charge in [-0.05, 0) is 12.1 Å². The zero-order valence-corrected chi connectivity index (χ0v) is 8.92. The molecule has 2 N–H and O–H groups in total. The van der Waals surface area contributed by atoms with Crippen molar-refractivity contribution in [2.45, 2.75) is 6.42 Å². The summed E-state index contributed by atoms with van der Waals surface area (Å²) in [5, 5.41) is 14.5. The Kier molecular flexibility index (Phi) is 3.33. The van der Waals surface area contributed by atoms with Gasteiger partial charge in [-0.3, -0.25) is 0 Å². The lowest BCUT2D eigenvalue weighted by molar-refractivity contribution is 0.305. The molecule has 17 heavy (non-hydrogen) atoms. The van der Waals surface area contributed by atoms with Gasteiger partial charge in [0.25, 0.3) is 0 Å². The molecule has 0 aliphatic heterocycles. The smallest absolute Gasteiger partial charge is 0.348 e. The summed E-state index contributed by atoms with van der Waals surface area (Å²) in [5.41, 5.74) is 0.384. The molecule has 0 unspecified atom stereocenters. The minimum atomic E-state index is -0.349. The number of aliphatic hydroxyl groups excluding tert-OH is 1. The summed E-state index contributed by atoms with van der Waals surface area (Å²) in [6.45, 7) is 0.0339. The third-order valence-electron chi connectivity index (χ3n) is 2.01. The third-order valence-corrected chi connectivity index (χ3v) is 2.01. The lowest BCUT2D eigenvalue weighted by atomic mass is 10.2. The summed E-state index contributed by atoms with van der Waals surface area (Å²) in [7, 11) is 0. The van der Waals surface area contributed by atoms with Crippen molar-refractivity contribution in [3.63, 3.8) is 0 Å². The Morgan fingerprint density at radius 2 is 2.41 bits per heavy atom. The van der Waals surface area contributed by atoms with Crippen LogP contribution >= 0.6 is 0 Å². The topological polar surface area (TPSA) is 83.8 Å². The zero-order chi connectivity index (χ0) is 12.1. The Morgan fingerprint density at radius 3 is 3.12 bits per heavy atom. The molecule has 0 atom stereocenters. The first-order chi connectivity index (χ1) is 8.31. The second-order valence-corrected chi connectivity index (χ2v) is 3.21. The van der Waals surface area contributed by atoms with Crippen molar-refractivity contribution in [1.82, 2.24) is 19.7 Å². The van der Waals surface area contributed by atoms with E-state index in [-0.39, 0.29) is 12.3 Å². The largest absolute Gasteiger partial charge is 0.395 e. The van der Waals surface area contributed by atoms with E-state index in [1.54, 1.807) is 18.3 Å². The van der Waals surface area contributed by atoms with Gasteiger partial charge < -0.3 is 5.11 Å². The fourth-order valence-electron chi connectivity index (χ4n) is 1.26. The molecule has 2 aromatic rings. The summed E-state index contributed by atoms with van der Waals surface area (Å²) in [4.78, 5) is 15.4. The van der Waals surface area contributed by atoms with Crippen LogP contribution in [-0.2, 0) is 0 Å². The van der Waals surface area contributed by atoms with E-state index < -0.39 is 0 Å². The van der Waals surface area contributed by atoms with Crippen molar-refractivity contribution in [2.75, 3.05) is 6.61 Å². The van der Waals surface area contributed by atoms with Crippen LogP contribution in [0.15, 0.2) is 29.5 Å². The summed E-state index contributed by atoms with van der Waals surface area (Å²) in [6, 6.07) is 3.42. The molecule has 2 aromatic heterocycles. The van der Waals surface area contributed by atoms with Crippen molar-refractivity contribution in [2.24, 2.45) is 0 Å². The number of nitrogens with zero attached hydrogens (tertiary/aromatic N) is 3. The number of aromatic nitrogens is 4. The molecular formula is C11H10N4O2. The van der Waals surface area contributed by atoms with Crippen LogP contribution in [0.25, 0.3) is 5.82 Å². The van der Waals surface area contributed by atoms with Crippen LogP contribution < -0.4 is 5.69 Å². The minimum Gasteiger partial charge on any atom is -0.395 e. The Balaban J connectivity index is 2.33. The molecule has 0 spiro atoms. The molecule has 2 rings (SSSR count). The van der Waals surface area contributed by atoms with Gasteiger partial charge in [0.1, 0.15) is 12.1 Å². The minimum absolute atomic E-state index is 0.0339. The van der Waals surface area contributed by atoms with Crippen LogP contribution in [0.3, 0.4) is 0 Å². The van der Waals surface area contributed by atoms with Crippen molar-refractivity contribution < 1.29 is 5.11 Å². The molecular weight excluding hydrogens is 220 g/mol. The number of rotatable bonds is 2. The molecule has 0 amide bonds. The maximum Gasteiger partial charge on any atom is 0.348 e. The van der Waals surface area contributed by atoms with Gasteiger partial charge in [0.05, 0.1) is 6.61 Å². The second kappa shape index (κ2) is 5.09. The fourth-order valence-corrected chi connectivity index (χ4v) is 1.26. The van der Waals surface area contributed by atoms with Crippen LogP contribution in [-0.4, -0.2) is 31.5 Å². The van der Waals surface area contributed by atoms with Gasteiger partial charge in [-0.1, -0.05) is 11.8 Å². The van der Waals surface area contributed by atoms with Crippen LogP contribution in [0.5, 0.6) is 0 Å². The molecule has 0 saturated heterocycles. The predicted molar refractivity (Wildman–Crippen MR) is 60.6 cm³/mol. The molecule has 0 aliphatic carbocycles. The lowest BCUT2D eigenvalue weighted by Gasteiger charge is -1.98. The highest BCUT2D eigenvalue weighted by molar-refractivity contribution is 5.38. The monoisotopic (exact) mass is 230 g/mol. The van der Waals surface area contributed by atoms with E-state index in [9.17, 15) is 4.79 Å². The maximum absolute atomic E-state index is 11.3. The SMILES string of the molecule is O=c1[nH]ncn1-c1cc(C#CCCO)ccn1. The molecule has 2 heterocycles. The molecule has 6 nitrogen and oxygen atoms in total. The normalized spacial score (nSPS) is 9.71. The van der Waals surface area contributed by atoms with E-state index >= 15 is 0 Å². The highest BCUT2D eigenvalue weighted by atomic mass is 16.2. The van der Waals surface area contributed by atoms with E-state index in [1.165, 1.54) is 10.9 Å². The number of hydrogen-bond donors (Lipinski definition) is 2. The zero-order valence-electron chi connectivity index (χ0n) is 8.92. The van der Waals surface area contributed by atoms with E-state index in [4.69, 9.17) is 5.11 Å². The number of H-pyrrole nitrogens is 1. The first-order valence-corrected chi connectivity index (χ1v) is 4.99. The number of pyridine rings is 1. The molecule has 0 saturated carbocycles. The van der Waals surface area contributed by atoms with Gasteiger partial charge in [-0.25, -0.2) is 19.4 Å². The molecule has 86 valence electrons. The predicted octanol–water partition coefficient (Wildman–Crippen LogP) is -0.311. The highest BCUT2D eigenvalue weighted by Crippen LogP contribution is 2.03. The molecule has 0 fully saturated rings. The maximum atomic E-state index is 11.3. The van der Waals surface area contributed by atoms with Crippen molar-refractivity contribution in [3.05, 3.63) is 40.7 Å². The summed E-state index contributed by atoms with van der Waals surface area (Å²) in [5.74, 6) is 6.13. The summed E-state index contributed by atoms with van der Waals surface area (Å²) in [6.07, 6.45) is 3.34. The Hall–Kier alpha value is -2.39.